The van der Waals surface area contributed by atoms with Gasteiger partial charge in [-0.1, -0.05) is 170 Å². The first kappa shape index (κ1) is 80.7. The van der Waals surface area contributed by atoms with Crippen molar-refractivity contribution in [3.63, 3.8) is 0 Å². The summed E-state index contributed by atoms with van der Waals surface area (Å²) in [5.74, 6) is -0.458. The average Bonchev–Trinajstić information content (AvgIpc) is 3.42. The van der Waals surface area contributed by atoms with Crippen molar-refractivity contribution in [1.82, 2.24) is 0 Å². The predicted molar refractivity (Wildman–Crippen MR) is 343 cm³/mol. The number of hydrogen-bond acceptors (Lipinski definition) is 7. The summed E-state index contributed by atoms with van der Waals surface area (Å²) in [4.78, 5) is 23.0. The number of benzene rings is 1. The van der Waals surface area contributed by atoms with Crippen LogP contribution in [0.15, 0.2) is 107 Å². The summed E-state index contributed by atoms with van der Waals surface area (Å²) < 4.78 is 22.4. The van der Waals surface area contributed by atoms with Gasteiger partial charge in [-0.15, -0.1) is 0 Å². The molecule has 1 rings (SSSR count). The first-order chi connectivity index (χ1) is 36.4. The Morgan fingerprint density at radius 1 is 0.487 bits per heavy atom. The molecule has 0 saturated carbocycles. The Kier molecular flexibility index (Phi) is 48.5. The van der Waals surface area contributed by atoms with Crippen molar-refractivity contribution >= 4 is 18.0 Å². The van der Waals surface area contributed by atoms with Crippen LogP contribution in [0.25, 0.3) is 6.08 Å². The summed E-state index contributed by atoms with van der Waals surface area (Å²) >= 11 is 0. The summed E-state index contributed by atoms with van der Waals surface area (Å²) in [6, 6.07) is 9.77. The zero-order chi connectivity index (χ0) is 60.9. The fourth-order valence-corrected chi connectivity index (χ4v) is 7.05. The smallest absolute Gasteiger partial charge is 0.331 e. The van der Waals surface area contributed by atoms with Crippen molar-refractivity contribution in [3.05, 3.63) is 112 Å². The van der Waals surface area contributed by atoms with Crippen LogP contribution in [-0.4, -0.2) is 58.8 Å². The van der Waals surface area contributed by atoms with Crippen LogP contribution in [-0.2, 0) is 28.5 Å². The van der Waals surface area contributed by atoms with Gasteiger partial charge in [0.1, 0.15) is 11.2 Å². The standard InChI is InChI=1S/C20H28O2.C15H28O.C13H24O2.C12H24O.C11H22O/c1-5-17(3)11-10-16-20(4,6-2)22-19(21)15-14-18-12-8-7-9-13-18;1-7-14(5)10-9-11-15(6,8-2)16-12-13(3)4;1-6-11(3)9-8-10-13(5,7-2)15-12(4)14;1-6-11(3)9-8-10-12(4,7-2)13-5;1-5-10(3)8-7-9-11(4,12)6-2/h7-9,11-15H,5-6,10,16H2,1-4H3;10H,3,7-9,11-12H2,1-2,4-6H3;9H,6-8,10H2,1-5H3;9H,6-8,10H2,1-5H3;8,12H,5-7,9H2,1-4H3/b15-14+,17-11+;14-10+;2*11-9+;10-8+. The molecule has 78 heavy (non-hydrogen) atoms. The van der Waals surface area contributed by atoms with Crippen LogP contribution in [0.2, 0.25) is 0 Å². The molecule has 1 aromatic rings. The van der Waals surface area contributed by atoms with Crippen LogP contribution in [0.3, 0.4) is 0 Å². The summed E-state index contributed by atoms with van der Waals surface area (Å²) in [7, 11) is 1.81. The number of aliphatic hydroxyl groups is 1. The van der Waals surface area contributed by atoms with E-state index in [0.717, 1.165) is 140 Å². The topological polar surface area (TPSA) is 91.3 Å². The third kappa shape index (κ3) is 47.1. The van der Waals surface area contributed by atoms with E-state index in [1.54, 1.807) is 13.2 Å². The Morgan fingerprint density at radius 2 is 0.821 bits per heavy atom. The lowest BCUT2D eigenvalue weighted by atomic mass is 9.96. The second-order valence-electron chi connectivity index (χ2n) is 23.0. The van der Waals surface area contributed by atoms with Crippen molar-refractivity contribution in [2.45, 2.75) is 309 Å². The highest BCUT2D eigenvalue weighted by Crippen LogP contribution is 2.26. The van der Waals surface area contributed by atoms with Gasteiger partial charge in [0, 0.05) is 20.1 Å². The van der Waals surface area contributed by atoms with E-state index in [2.05, 4.69) is 148 Å². The molecule has 0 aliphatic carbocycles. The zero-order valence-electron chi connectivity index (χ0n) is 55.4. The third-order valence-corrected chi connectivity index (χ3v) is 15.5. The first-order valence-electron chi connectivity index (χ1n) is 30.4. The van der Waals surface area contributed by atoms with Gasteiger partial charge < -0.3 is 24.1 Å². The van der Waals surface area contributed by atoms with Crippen molar-refractivity contribution in [1.29, 1.82) is 0 Å². The van der Waals surface area contributed by atoms with E-state index in [4.69, 9.17) is 18.9 Å². The van der Waals surface area contributed by atoms with Gasteiger partial charge >= 0.3 is 11.9 Å². The summed E-state index contributed by atoms with van der Waals surface area (Å²) in [6.07, 6.45) is 34.9. The maximum absolute atomic E-state index is 12.0. The molecule has 1 N–H and O–H groups in total. The fourth-order valence-electron chi connectivity index (χ4n) is 7.05. The molecule has 0 saturated heterocycles. The van der Waals surface area contributed by atoms with Crippen LogP contribution in [0.5, 0.6) is 0 Å². The van der Waals surface area contributed by atoms with Crippen molar-refractivity contribution in [3.8, 4) is 0 Å². The van der Waals surface area contributed by atoms with E-state index < -0.39 is 11.2 Å². The number of rotatable bonds is 33. The van der Waals surface area contributed by atoms with Gasteiger partial charge in [-0.3, -0.25) is 4.79 Å². The number of hydrogen-bond donors (Lipinski definition) is 1. The van der Waals surface area contributed by atoms with Crippen molar-refractivity contribution < 1.29 is 33.6 Å². The van der Waals surface area contributed by atoms with E-state index in [1.165, 1.54) is 40.9 Å². The van der Waals surface area contributed by atoms with Crippen LogP contribution < -0.4 is 0 Å². The molecule has 0 heterocycles. The van der Waals surface area contributed by atoms with Gasteiger partial charge in [0.25, 0.3) is 0 Å². The lowest BCUT2D eigenvalue weighted by Gasteiger charge is -2.28. The lowest BCUT2D eigenvalue weighted by molar-refractivity contribution is -0.156. The molecule has 1 aromatic carbocycles. The molecule has 0 radical (unpaired) electrons. The van der Waals surface area contributed by atoms with E-state index in [0.29, 0.717) is 6.61 Å². The lowest BCUT2D eigenvalue weighted by Crippen LogP contribution is -2.30. The SMILES string of the molecule is C=C(C)COC(C)(CC)CC/C=C(\C)CC.CC/C(C)=C/CCC(C)(CC)OC.CC/C(C)=C/CCC(C)(CC)OC(=O)/C=C/c1ccccc1.CC/C(C)=C/CCC(C)(CC)OC(C)=O.CC/C(C)=C/CCC(C)(O)CC. The molecule has 0 bridgehead atoms. The van der Waals surface area contributed by atoms with Gasteiger partial charge in [0.15, 0.2) is 0 Å². The molecular weight excluding hydrogens is 965 g/mol. The molecule has 452 valence electrons. The second kappa shape index (κ2) is 46.9. The Balaban J connectivity index is -0.000000447. The molecular formula is C71H126O7. The Hall–Kier alpha value is -3.78. The predicted octanol–water partition coefficient (Wildman–Crippen LogP) is 21.5. The van der Waals surface area contributed by atoms with E-state index >= 15 is 0 Å². The number of allylic oxidation sites excluding steroid dienone is 10. The van der Waals surface area contributed by atoms with Crippen molar-refractivity contribution in [2.24, 2.45) is 0 Å². The van der Waals surface area contributed by atoms with Gasteiger partial charge in [0.2, 0.25) is 0 Å². The Labute approximate surface area is 484 Å². The summed E-state index contributed by atoms with van der Waals surface area (Å²) in [5, 5.41) is 9.68. The summed E-state index contributed by atoms with van der Waals surface area (Å²) in [5.41, 5.74) is 8.16. The molecule has 7 nitrogen and oxygen atoms in total. The third-order valence-electron chi connectivity index (χ3n) is 15.5. The fraction of sp³-hybridized carbons (Fsp3) is 0.690. The van der Waals surface area contributed by atoms with Crippen molar-refractivity contribution in [2.75, 3.05) is 13.7 Å². The minimum atomic E-state index is -0.468. The highest BCUT2D eigenvalue weighted by atomic mass is 16.6. The highest BCUT2D eigenvalue weighted by Gasteiger charge is 2.26. The summed E-state index contributed by atoms with van der Waals surface area (Å²) in [6.45, 7) is 50.5. The minimum Gasteiger partial charge on any atom is -0.460 e. The number of methoxy groups -OCH3 is 1. The molecule has 0 aromatic heterocycles. The van der Waals surface area contributed by atoms with E-state index in [1.807, 2.05) is 65.0 Å². The average molecular weight is 1090 g/mol. The largest absolute Gasteiger partial charge is 0.460 e. The molecule has 0 aliphatic rings. The molecule has 0 fully saturated rings. The monoisotopic (exact) mass is 1090 g/mol. The van der Waals surface area contributed by atoms with Gasteiger partial charge in [-0.05, 0) is 216 Å². The quantitative estimate of drug-likeness (QED) is 0.0426. The molecule has 0 spiro atoms. The number of ether oxygens (including phenoxy) is 4. The van der Waals surface area contributed by atoms with Crippen LogP contribution in [0.4, 0.5) is 0 Å². The Morgan fingerprint density at radius 3 is 1.13 bits per heavy atom. The van der Waals surface area contributed by atoms with Gasteiger partial charge in [0.05, 0.1) is 23.4 Å². The zero-order valence-corrected chi connectivity index (χ0v) is 55.4. The second-order valence-corrected chi connectivity index (χ2v) is 23.0. The first-order valence-corrected chi connectivity index (χ1v) is 30.4. The molecule has 5 atom stereocenters. The maximum Gasteiger partial charge on any atom is 0.331 e. The molecule has 0 aliphatic heterocycles. The Bertz CT molecular complexity index is 1890. The normalized spacial score (nSPS) is 16.1. The van der Waals surface area contributed by atoms with E-state index in [9.17, 15) is 14.7 Å². The van der Waals surface area contributed by atoms with Gasteiger partial charge in [-0.25, -0.2) is 4.79 Å². The van der Waals surface area contributed by atoms with Crippen LogP contribution in [0.1, 0.15) is 286 Å². The maximum atomic E-state index is 12.0. The number of carbonyl (C=O) groups excluding carboxylic acids is 2. The number of carbonyl (C=O) groups is 2. The molecule has 0 amide bonds. The van der Waals surface area contributed by atoms with Gasteiger partial charge in [-0.2, -0.15) is 0 Å². The van der Waals surface area contributed by atoms with E-state index in [-0.39, 0.29) is 28.7 Å². The number of esters is 2. The molecule has 7 heteroatoms. The van der Waals surface area contributed by atoms with Crippen LogP contribution in [0, 0.1) is 0 Å². The van der Waals surface area contributed by atoms with Crippen LogP contribution >= 0.6 is 0 Å². The minimum absolute atomic E-state index is 0.00344. The molecule has 5 unspecified atom stereocenters. The highest BCUT2D eigenvalue weighted by molar-refractivity contribution is 5.87.